The Morgan fingerprint density at radius 1 is 1.42 bits per heavy atom. The van der Waals surface area contributed by atoms with Crippen molar-refractivity contribution in [3.63, 3.8) is 0 Å². The number of fused-ring (bicyclic) bond motifs is 1. The number of nitriles is 1. The zero-order valence-corrected chi connectivity index (χ0v) is 14.9. The van der Waals surface area contributed by atoms with Gasteiger partial charge in [0.05, 0.1) is 11.5 Å². The summed E-state index contributed by atoms with van der Waals surface area (Å²) >= 11 is 3.44. The second-order valence-corrected chi connectivity index (χ2v) is 6.51. The van der Waals surface area contributed by atoms with E-state index in [9.17, 15) is 10.1 Å². The van der Waals surface area contributed by atoms with E-state index in [0.717, 1.165) is 15.7 Å². The van der Waals surface area contributed by atoms with E-state index in [0.29, 0.717) is 17.9 Å². The lowest BCUT2D eigenvalue weighted by Crippen LogP contribution is -2.32. The van der Waals surface area contributed by atoms with Crippen LogP contribution in [0.2, 0.25) is 0 Å². The molecule has 2 aromatic rings. The van der Waals surface area contributed by atoms with Gasteiger partial charge in [0, 0.05) is 22.8 Å². The van der Waals surface area contributed by atoms with E-state index in [1.807, 2.05) is 38.1 Å². The highest BCUT2D eigenvalue weighted by molar-refractivity contribution is 9.10. The Kier molecular flexibility index (Phi) is 4.20. The fourth-order valence-corrected chi connectivity index (χ4v) is 3.52. The SMILES string of the molecule is CCn1c(C)cc2c(c1=O)C(c1cccc(Br)c1)C(C#N)=C(N)O2. The fraction of sp³-hybridized carbons (Fsp3) is 0.222. The van der Waals surface area contributed by atoms with Gasteiger partial charge in [0.1, 0.15) is 17.4 Å². The zero-order valence-electron chi connectivity index (χ0n) is 13.3. The van der Waals surface area contributed by atoms with E-state index in [4.69, 9.17) is 10.5 Å². The summed E-state index contributed by atoms with van der Waals surface area (Å²) in [6.45, 7) is 4.31. The predicted octanol–water partition coefficient (Wildman–Crippen LogP) is 3.16. The molecule has 0 saturated carbocycles. The van der Waals surface area contributed by atoms with Gasteiger partial charge in [0.25, 0.3) is 5.56 Å². The molecule has 2 N–H and O–H groups in total. The van der Waals surface area contributed by atoms with Crippen molar-refractivity contribution in [2.75, 3.05) is 0 Å². The van der Waals surface area contributed by atoms with Crippen molar-refractivity contribution in [1.82, 2.24) is 4.57 Å². The standard InChI is InChI=1S/C18H16BrN3O2/c1-3-22-10(2)7-14-16(18(22)23)15(13(9-20)17(21)24-14)11-5-4-6-12(19)8-11/h4-8,15H,3,21H2,1-2H3. The predicted molar refractivity (Wildman–Crippen MR) is 94.6 cm³/mol. The highest BCUT2D eigenvalue weighted by Crippen LogP contribution is 2.40. The minimum absolute atomic E-state index is 0.0445. The van der Waals surface area contributed by atoms with Crippen LogP contribution in [0.15, 0.2) is 51.1 Å². The molecule has 122 valence electrons. The van der Waals surface area contributed by atoms with Crippen LogP contribution in [0.25, 0.3) is 0 Å². The molecule has 0 aliphatic carbocycles. The number of aryl methyl sites for hydroxylation is 1. The van der Waals surface area contributed by atoms with Gasteiger partial charge in [0.15, 0.2) is 0 Å². The number of hydrogen-bond acceptors (Lipinski definition) is 4. The number of ether oxygens (including phenoxy) is 1. The van der Waals surface area contributed by atoms with E-state index in [2.05, 4.69) is 22.0 Å². The summed E-state index contributed by atoms with van der Waals surface area (Å²) in [6, 6.07) is 11.4. The molecule has 0 saturated heterocycles. The smallest absolute Gasteiger partial charge is 0.258 e. The quantitative estimate of drug-likeness (QED) is 0.860. The van der Waals surface area contributed by atoms with E-state index >= 15 is 0 Å². The molecule has 1 aliphatic heterocycles. The Morgan fingerprint density at radius 3 is 2.79 bits per heavy atom. The molecule has 1 aromatic heterocycles. The molecule has 6 heteroatoms. The first kappa shape index (κ1) is 16.3. The third kappa shape index (κ3) is 2.51. The summed E-state index contributed by atoms with van der Waals surface area (Å²) in [5.74, 6) is -0.0751. The fourth-order valence-electron chi connectivity index (χ4n) is 3.10. The molecule has 1 aliphatic rings. The van der Waals surface area contributed by atoms with Gasteiger partial charge < -0.3 is 15.0 Å². The lowest BCUT2D eigenvalue weighted by molar-refractivity contribution is 0.388. The number of benzene rings is 1. The Balaban J connectivity index is 2.36. The van der Waals surface area contributed by atoms with E-state index in [-0.39, 0.29) is 17.0 Å². The normalized spacial score (nSPS) is 16.3. The minimum atomic E-state index is -0.540. The van der Waals surface area contributed by atoms with Crippen LogP contribution in [0.1, 0.15) is 29.7 Å². The lowest BCUT2D eigenvalue weighted by atomic mass is 9.84. The first-order valence-corrected chi connectivity index (χ1v) is 8.34. The summed E-state index contributed by atoms with van der Waals surface area (Å²) in [5.41, 5.74) is 8.12. The van der Waals surface area contributed by atoms with Gasteiger partial charge in [-0.15, -0.1) is 0 Å². The van der Waals surface area contributed by atoms with E-state index < -0.39 is 5.92 Å². The molecule has 1 unspecified atom stereocenters. The van der Waals surface area contributed by atoms with Gasteiger partial charge in [-0.2, -0.15) is 5.26 Å². The second kappa shape index (κ2) is 6.17. The van der Waals surface area contributed by atoms with Gasteiger partial charge in [-0.3, -0.25) is 4.79 Å². The van der Waals surface area contributed by atoms with Crippen LogP contribution in [0.5, 0.6) is 5.75 Å². The number of hydrogen-bond donors (Lipinski definition) is 1. The first-order chi connectivity index (χ1) is 11.5. The third-order valence-corrected chi connectivity index (χ3v) is 4.68. The average molecular weight is 386 g/mol. The topological polar surface area (TPSA) is 81.0 Å². The number of aromatic nitrogens is 1. The van der Waals surface area contributed by atoms with Crippen molar-refractivity contribution in [2.24, 2.45) is 5.73 Å². The molecule has 0 radical (unpaired) electrons. The number of rotatable bonds is 2. The maximum Gasteiger partial charge on any atom is 0.258 e. The van der Waals surface area contributed by atoms with Crippen molar-refractivity contribution >= 4 is 15.9 Å². The maximum absolute atomic E-state index is 13.0. The zero-order chi connectivity index (χ0) is 17.4. The monoisotopic (exact) mass is 385 g/mol. The maximum atomic E-state index is 13.0. The molecule has 0 amide bonds. The Bertz CT molecular complexity index is 954. The van der Waals surface area contributed by atoms with Gasteiger partial charge >= 0.3 is 0 Å². The number of pyridine rings is 1. The van der Waals surface area contributed by atoms with Crippen LogP contribution in [0.4, 0.5) is 0 Å². The summed E-state index contributed by atoms with van der Waals surface area (Å²) in [7, 11) is 0. The Labute approximate surface area is 148 Å². The molecule has 0 fully saturated rings. The molecular weight excluding hydrogens is 370 g/mol. The first-order valence-electron chi connectivity index (χ1n) is 7.55. The van der Waals surface area contributed by atoms with Crippen LogP contribution in [-0.4, -0.2) is 4.57 Å². The average Bonchev–Trinajstić information content (AvgIpc) is 2.54. The van der Waals surface area contributed by atoms with Crippen LogP contribution < -0.4 is 16.0 Å². The Hall–Kier alpha value is -2.52. The molecule has 24 heavy (non-hydrogen) atoms. The van der Waals surface area contributed by atoms with Crippen LogP contribution in [0, 0.1) is 18.3 Å². The molecule has 3 rings (SSSR count). The van der Waals surface area contributed by atoms with Crippen molar-refractivity contribution in [2.45, 2.75) is 26.3 Å². The number of halogens is 1. The summed E-state index contributed by atoms with van der Waals surface area (Å²) < 4.78 is 8.13. The molecule has 0 bridgehead atoms. The van der Waals surface area contributed by atoms with Crippen LogP contribution in [-0.2, 0) is 6.54 Å². The van der Waals surface area contributed by atoms with E-state index in [1.54, 1.807) is 10.6 Å². The largest absolute Gasteiger partial charge is 0.440 e. The highest BCUT2D eigenvalue weighted by Gasteiger charge is 2.34. The van der Waals surface area contributed by atoms with Crippen molar-refractivity contribution in [3.8, 4) is 11.8 Å². The van der Waals surface area contributed by atoms with Crippen LogP contribution >= 0.6 is 15.9 Å². The summed E-state index contributed by atoms with van der Waals surface area (Å²) in [6.07, 6.45) is 0. The van der Waals surface area contributed by atoms with Gasteiger partial charge in [-0.1, -0.05) is 28.1 Å². The lowest BCUT2D eigenvalue weighted by Gasteiger charge is -2.27. The number of nitrogens with zero attached hydrogens (tertiary/aromatic N) is 2. The van der Waals surface area contributed by atoms with Gasteiger partial charge in [-0.25, -0.2) is 0 Å². The summed E-state index contributed by atoms with van der Waals surface area (Å²) in [5, 5.41) is 9.57. The highest BCUT2D eigenvalue weighted by atomic mass is 79.9. The third-order valence-electron chi connectivity index (χ3n) is 4.19. The molecule has 1 aromatic carbocycles. The van der Waals surface area contributed by atoms with E-state index in [1.165, 1.54) is 0 Å². The Morgan fingerprint density at radius 2 is 2.17 bits per heavy atom. The molecule has 2 heterocycles. The van der Waals surface area contributed by atoms with Crippen molar-refractivity contribution < 1.29 is 4.74 Å². The van der Waals surface area contributed by atoms with Crippen LogP contribution in [0.3, 0.4) is 0 Å². The number of allylic oxidation sites excluding steroid dienone is 1. The second-order valence-electron chi connectivity index (χ2n) is 5.59. The number of nitrogens with two attached hydrogens (primary N) is 1. The summed E-state index contributed by atoms with van der Waals surface area (Å²) in [4.78, 5) is 13.0. The van der Waals surface area contributed by atoms with Gasteiger partial charge in [0.2, 0.25) is 5.88 Å². The van der Waals surface area contributed by atoms with Crippen molar-refractivity contribution in [3.05, 3.63) is 73.4 Å². The van der Waals surface area contributed by atoms with Gasteiger partial charge in [-0.05, 0) is 31.5 Å². The molecule has 1 atom stereocenters. The molecular formula is C18H16BrN3O2. The molecule has 0 spiro atoms. The molecule has 5 nitrogen and oxygen atoms in total. The van der Waals surface area contributed by atoms with Crippen molar-refractivity contribution in [1.29, 1.82) is 5.26 Å². The minimum Gasteiger partial charge on any atom is -0.440 e.